The topological polar surface area (TPSA) is 74.3 Å². The summed E-state index contributed by atoms with van der Waals surface area (Å²) in [5, 5.41) is 5.50. The van der Waals surface area contributed by atoms with E-state index in [9.17, 15) is 14.0 Å². The van der Waals surface area contributed by atoms with Gasteiger partial charge in [0.05, 0.1) is 0 Å². The summed E-state index contributed by atoms with van der Waals surface area (Å²) in [7, 11) is 3.26. The highest BCUT2D eigenvalue weighted by atomic mass is 19.1. The van der Waals surface area contributed by atoms with Crippen LogP contribution in [-0.2, 0) is 0 Å². The summed E-state index contributed by atoms with van der Waals surface area (Å²) in [4.78, 5) is 29.4. The highest BCUT2D eigenvalue weighted by molar-refractivity contribution is 5.95. The molecule has 0 aliphatic heterocycles. The third-order valence-electron chi connectivity index (χ3n) is 4.05. The van der Waals surface area contributed by atoms with Crippen molar-refractivity contribution in [3.8, 4) is 0 Å². The summed E-state index contributed by atoms with van der Waals surface area (Å²) in [5.41, 5.74) is 1.34. The minimum absolute atomic E-state index is 0.00438. The Hall–Kier alpha value is -2.96. The van der Waals surface area contributed by atoms with E-state index in [0.717, 1.165) is 0 Å². The van der Waals surface area contributed by atoms with Gasteiger partial charge in [-0.25, -0.2) is 9.18 Å². The second kappa shape index (κ2) is 6.88. The van der Waals surface area contributed by atoms with E-state index in [4.69, 9.17) is 0 Å². The van der Waals surface area contributed by atoms with E-state index in [1.54, 1.807) is 38.4 Å². The highest BCUT2D eigenvalue weighted by Gasteiger charge is 2.40. The number of hydrogen-bond acceptors (Lipinski definition) is 3. The number of nitrogens with one attached hydrogen (secondary N) is 2. The van der Waals surface area contributed by atoms with E-state index in [1.165, 1.54) is 23.2 Å². The summed E-state index contributed by atoms with van der Waals surface area (Å²) in [6.07, 6.45) is 2.17. The van der Waals surface area contributed by atoms with Crippen molar-refractivity contribution in [3.05, 3.63) is 59.7 Å². The lowest BCUT2D eigenvalue weighted by Crippen LogP contribution is -2.31. The Bertz CT molecular complexity index is 809. The number of urea groups is 1. The van der Waals surface area contributed by atoms with Gasteiger partial charge in [-0.05, 0) is 30.2 Å². The summed E-state index contributed by atoms with van der Waals surface area (Å²) in [5.74, 6) is -0.501. The number of aromatic nitrogens is 1. The molecule has 0 saturated heterocycles. The summed E-state index contributed by atoms with van der Waals surface area (Å²) >= 11 is 0. The zero-order chi connectivity index (χ0) is 18.0. The first-order valence-electron chi connectivity index (χ1n) is 7.95. The number of amides is 3. The first-order chi connectivity index (χ1) is 12.0. The highest BCUT2D eigenvalue weighted by Crippen LogP contribution is 2.41. The SMILES string of the molecule is CN(C)C(=O)c1cc(NC(=O)NC2CC2c2ccccc2F)ccn1. The van der Waals surface area contributed by atoms with Crippen molar-refractivity contribution >= 4 is 17.6 Å². The summed E-state index contributed by atoms with van der Waals surface area (Å²) in [6, 6.07) is 9.23. The molecule has 1 aromatic heterocycles. The van der Waals surface area contributed by atoms with Crippen LogP contribution in [0.15, 0.2) is 42.6 Å². The van der Waals surface area contributed by atoms with E-state index < -0.39 is 6.03 Å². The van der Waals surface area contributed by atoms with Crippen LogP contribution in [0.2, 0.25) is 0 Å². The maximum Gasteiger partial charge on any atom is 0.319 e. The first kappa shape index (κ1) is 16.9. The number of anilines is 1. The molecule has 2 atom stereocenters. The van der Waals surface area contributed by atoms with Crippen LogP contribution in [0.25, 0.3) is 0 Å². The van der Waals surface area contributed by atoms with Gasteiger partial charge in [0.1, 0.15) is 11.5 Å². The lowest BCUT2D eigenvalue weighted by molar-refractivity contribution is 0.0822. The maximum atomic E-state index is 13.8. The molecule has 1 fully saturated rings. The molecule has 25 heavy (non-hydrogen) atoms. The van der Waals surface area contributed by atoms with Crippen LogP contribution in [0.4, 0.5) is 14.9 Å². The fourth-order valence-electron chi connectivity index (χ4n) is 2.66. The first-order valence-corrected chi connectivity index (χ1v) is 7.95. The molecule has 2 unspecified atom stereocenters. The average molecular weight is 342 g/mol. The number of pyridine rings is 1. The van der Waals surface area contributed by atoms with E-state index >= 15 is 0 Å². The number of nitrogens with zero attached hydrogens (tertiary/aromatic N) is 2. The lowest BCUT2D eigenvalue weighted by atomic mass is 10.1. The second-order valence-electron chi connectivity index (χ2n) is 6.20. The Morgan fingerprint density at radius 3 is 2.72 bits per heavy atom. The van der Waals surface area contributed by atoms with Crippen molar-refractivity contribution in [2.24, 2.45) is 0 Å². The molecule has 7 heteroatoms. The molecule has 1 aliphatic carbocycles. The molecule has 2 N–H and O–H groups in total. The third-order valence-corrected chi connectivity index (χ3v) is 4.05. The van der Waals surface area contributed by atoms with Crippen molar-refractivity contribution in [2.45, 2.75) is 18.4 Å². The monoisotopic (exact) mass is 342 g/mol. The van der Waals surface area contributed by atoms with Gasteiger partial charge in [-0.2, -0.15) is 0 Å². The Morgan fingerprint density at radius 2 is 2.00 bits per heavy atom. The van der Waals surface area contributed by atoms with Gasteiger partial charge >= 0.3 is 6.03 Å². The Balaban J connectivity index is 1.58. The van der Waals surface area contributed by atoms with Gasteiger partial charge in [-0.1, -0.05) is 18.2 Å². The van der Waals surface area contributed by atoms with Gasteiger partial charge in [-0.3, -0.25) is 9.78 Å². The molecule has 3 rings (SSSR count). The predicted octanol–water partition coefficient (Wildman–Crippen LogP) is 2.60. The minimum atomic E-state index is -0.390. The number of rotatable bonds is 4. The largest absolute Gasteiger partial charge is 0.343 e. The molecule has 130 valence electrons. The van der Waals surface area contributed by atoms with Gasteiger partial charge in [0.2, 0.25) is 0 Å². The molecule has 1 aromatic carbocycles. The van der Waals surface area contributed by atoms with E-state index in [2.05, 4.69) is 15.6 Å². The zero-order valence-corrected chi connectivity index (χ0v) is 14.0. The van der Waals surface area contributed by atoms with Crippen LogP contribution in [0, 0.1) is 5.82 Å². The standard InChI is InChI=1S/C18H19FN4O2/c1-23(2)17(24)16-9-11(7-8-20-16)21-18(25)22-15-10-13(15)12-5-3-4-6-14(12)19/h3-9,13,15H,10H2,1-2H3,(H2,20,21,22,25). The zero-order valence-electron chi connectivity index (χ0n) is 14.0. The second-order valence-corrected chi connectivity index (χ2v) is 6.20. The average Bonchev–Trinajstić information content (AvgIpc) is 3.33. The molecular weight excluding hydrogens is 323 g/mol. The van der Waals surface area contributed by atoms with Crippen molar-refractivity contribution in [1.29, 1.82) is 0 Å². The minimum Gasteiger partial charge on any atom is -0.343 e. The van der Waals surface area contributed by atoms with Crippen LogP contribution < -0.4 is 10.6 Å². The molecule has 3 amide bonds. The molecule has 0 bridgehead atoms. The number of hydrogen-bond donors (Lipinski definition) is 2. The molecule has 1 saturated carbocycles. The van der Waals surface area contributed by atoms with E-state index in [0.29, 0.717) is 17.7 Å². The fourth-order valence-corrected chi connectivity index (χ4v) is 2.66. The van der Waals surface area contributed by atoms with Crippen LogP contribution in [0.5, 0.6) is 0 Å². The van der Waals surface area contributed by atoms with Crippen LogP contribution in [-0.4, -0.2) is 42.0 Å². The lowest BCUT2D eigenvalue weighted by Gasteiger charge is -2.11. The fraction of sp³-hybridized carbons (Fsp3) is 0.278. The molecule has 0 spiro atoms. The van der Waals surface area contributed by atoms with Gasteiger partial charge < -0.3 is 15.5 Å². The van der Waals surface area contributed by atoms with Gasteiger partial charge in [0.15, 0.2) is 0 Å². The third kappa shape index (κ3) is 3.93. The number of halogens is 1. The van der Waals surface area contributed by atoms with Crippen LogP contribution in [0.3, 0.4) is 0 Å². The smallest absolute Gasteiger partial charge is 0.319 e. The van der Waals surface area contributed by atoms with Crippen molar-refractivity contribution in [1.82, 2.24) is 15.2 Å². The molecule has 1 aliphatic rings. The normalized spacial score (nSPS) is 18.4. The maximum absolute atomic E-state index is 13.8. The molecule has 2 aromatic rings. The van der Waals surface area contributed by atoms with Crippen molar-refractivity contribution in [2.75, 3.05) is 19.4 Å². The number of carbonyl (C=O) groups excluding carboxylic acids is 2. The van der Waals surface area contributed by atoms with Gasteiger partial charge in [-0.15, -0.1) is 0 Å². The Kier molecular flexibility index (Phi) is 4.65. The molecule has 6 nitrogen and oxygen atoms in total. The van der Waals surface area contributed by atoms with Gasteiger partial charge in [0.25, 0.3) is 5.91 Å². The quantitative estimate of drug-likeness (QED) is 0.897. The summed E-state index contributed by atoms with van der Waals surface area (Å²) < 4.78 is 13.8. The van der Waals surface area contributed by atoms with E-state index in [-0.39, 0.29) is 29.4 Å². The molecule has 1 heterocycles. The predicted molar refractivity (Wildman–Crippen MR) is 92.0 cm³/mol. The van der Waals surface area contributed by atoms with Crippen molar-refractivity contribution in [3.63, 3.8) is 0 Å². The van der Waals surface area contributed by atoms with Crippen LogP contribution >= 0.6 is 0 Å². The molecule has 0 radical (unpaired) electrons. The molecular formula is C18H19FN4O2. The van der Waals surface area contributed by atoms with E-state index in [1.807, 2.05) is 0 Å². The van der Waals surface area contributed by atoms with Gasteiger partial charge in [0, 0.05) is 37.9 Å². The Morgan fingerprint density at radius 1 is 1.24 bits per heavy atom. The number of carbonyl (C=O) groups is 2. The Labute approximate surface area is 145 Å². The van der Waals surface area contributed by atoms with Crippen LogP contribution in [0.1, 0.15) is 28.4 Å². The number of benzene rings is 1. The summed E-state index contributed by atoms with van der Waals surface area (Å²) in [6.45, 7) is 0. The van der Waals surface area contributed by atoms with Crippen molar-refractivity contribution < 1.29 is 14.0 Å².